The number of aromatic nitrogens is 2. The number of hydrogen-bond acceptors (Lipinski definition) is 4. The van der Waals surface area contributed by atoms with Crippen molar-refractivity contribution in [3.05, 3.63) is 23.3 Å². The second kappa shape index (κ2) is 8.06. The Morgan fingerprint density at radius 1 is 1.21 bits per heavy atom. The molecule has 24 heavy (non-hydrogen) atoms. The summed E-state index contributed by atoms with van der Waals surface area (Å²) in [6.07, 6.45) is 10.7. The lowest BCUT2D eigenvalue weighted by molar-refractivity contribution is -0.133. The normalized spacial score (nSPS) is 20.3. The smallest absolute Gasteiger partial charge is 0.222 e. The number of nitrogens with zero attached hydrogens (tertiary/aromatic N) is 3. The first-order valence-corrected chi connectivity index (χ1v) is 9.38. The van der Waals surface area contributed by atoms with Crippen LogP contribution in [0.4, 0.5) is 0 Å². The van der Waals surface area contributed by atoms with Gasteiger partial charge in [0.05, 0.1) is 12.3 Å². The molecule has 2 aliphatic rings. The lowest BCUT2D eigenvalue weighted by Crippen LogP contribution is -2.39. The molecule has 0 radical (unpaired) electrons. The van der Waals surface area contributed by atoms with Gasteiger partial charge in [-0.1, -0.05) is 19.3 Å². The van der Waals surface area contributed by atoms with Gasteiger partial charge in [0, 0.05) is 37.2 Å². The van der Waals surface area contributed by atoms with Crippen molar-refractivity contribution in [3.63, 3.8) is 0 Å². The number of amides is 1. The van der Waals surface area contributed by atoms with Crippen LogP contribution in [0.25, 0.3) is 0 Å². The van der Waals surface area contributed by atoms with Crippen molar-refractivity contribution in [3.8, 4) is 0 Å². The summed E-state index contributed by atoms with van der Waals surface area (Å²) in [5.41, 5.74) is 1.80. The molecule has 0 spiro atoms. The van der Waals surface area contributed by atoms with Crippen LogP contribution in [-0.4, -0.2) is 39.0 Å². The van der Waals surface area contributed by atoms with E-state index in [4.69, 9.17) is 0 Å². The molecule has 1 aromatic rings. The fraction of sp³-hybridized carbons (Fsp3) is 0.737. The van der Waals surface area contributed by atoms with Gasteiger partial charge in [0.15, 0.2) is 0 Å². The van der Waals surface area contributed by atoms with Gasteiger partial charge < -0.3 is 10.0 Å². The fourth-order valence-corrected chi connectivity index (χ4v) is 4.16. The first kappa shape index (κ1) is 17.3. The molecule has 5 nitrogen and oxygen atoms in total. The van der Waals surface area contributed by atoms with Gasteiger partial charge in [-0.2, -0.15) is 0 Å². The van der Waals surface area contributed by atoms with E-state index >= 15 is 0 Å². The first-order valence-electron chi connectivity index (χ1n) is 9.38. The molecule has 0 bridgehead atoms. The van der Waals surface area contributed by atoms with Gasteiger partial charge in [-0.05, 0) is 38.5 Å². The SMILES string of the molecule is Cc1ncc(CO)c(C2CCN(C(=O)CC3CCCCC3)CC2)n1. The zero-order valence-electron chi connectivity index (χ0n) is 14.7. The molecular formula is C19H29N3O2. The van der Waals surface area contributed by atoms with E-state index in [1.165, 1.54) is 32.1 Å². The summed E-state index contributed by atoms with van der Waals surface area (Å²) in [4.78, 5) is 23.3. The first-order chi connectivity index (χ1) is 11.7. The van der Waals surface area contributed by atoms with Crippen LogP contribution in [0.1, 0.15) is 74.4 Å². The number of carbonyl (C=O) groups excluding carboxylic acids is 1. The van der Waals surface area contributed by atoms with E-state index in [2.05, 4.69) is 9.97 Å². The van der Waals surface area contributed by atoms with Crippen LogP contribution in [0.3, 0.4) is 0 Å². The van der Waals surface area contributed by atoms with E-state index in [1.807, 2.05) is 11.8 Å². The maximum Gasteiger partial charge on any atom is 0.222 e. The fourth-order valence-electron chi connectivity index (χ4n) is 4.16. The van der Waals surface area contributed by atoms with Crippen LogP contribution in [0.5, 0.6) is 0 Å². The molecular weight excluding hydrogens is 302 g/mol. The van der Waals surface area contributed by atoms with E-state index < -0.39 is 0 Å². The Balaban J connectivity index is 1.55. The van der Waals surface area contributed by atoms with Gasteiger partial charge >= 0.3 is 0 Å². The topological polar surface area (TPSA) is 66.3 Å². The summed E-state index contributed by atoms with van der Waals surface area (Å²) in [7, 11) is 0. The van der Waals surface area contributed by atoms with Gasteiger partial charge in [0.25, 0.3) is 0 Å². The number of hydrogen-bond donors (Lipinski definition) is 1. The highest BCUT2D eigenvalue weighted by Crippen LogP contribution is 2.31. The number of rotatable bonds is 4. The molecule has 3 rings (SSSR count). The number of aryl methyl sites for hydroxylation is 1. The summed E-state index contributed by atoms with van der Waals surface area (Å²) in [5.74, 6) is 2.02. The van der Waals surface area contributed by atoms with Crippen LogP contribution in [0.15, 0.2) is 6.20 Å². The van der Waals surface area contributed by atoms with Gasteiger partial charge in [0.2, 0.25) is 5.91 Å². The third kappa shape index (κ3) is 4.12. The van der Waals surface area contributed by atoms with Crippen molar-refractivity contribution in [1.82, 2.24) is 14.9 Å². The third-order valence-electron chi connectivity index (χ3n) is 5.61. The molecule has 0 unspecified atom stereocenters. The van der Waals surface area contributed by atoms with E-state index in [9.17, 15) is 9.90 Å². The number of piperidine rings is 1. The van der Waals surface area contributed by atoms with Crippen LogP contribution in [-0.2, 0) is 11.4 Å². The van der Waals surface area contributed by atoms with Crippen LogP contribution in [0, 0.1) is 12.8 Å². The molecule has 1 N–H and O–H groups in total. The minimum absolute atomic E-state index is 0.0174. The van der Waals surface area contributed by atoms with Crippen molar-refractivity contribution in [2.75, 3.05) is 13.1 Å². The molecule has 1 saturated heterocycles. The Morgan fingerprint density at radius 2 is 1.92 bits per heavy atom. The van der Waals surface area contributed by atoms with Crippen LogP contribution >= 0.6 is 0 Å². The highest BCUT2D eigenvalue weighted by atomic mass is 16.3. The Kier molecular flexibility index (Phi) is 5.82. The van der Waals surface area contributed by atoms with Crippen LogP contribution in [0.2, 0.25) is 0 Å². The molecule has 2 heterocycles. The summed E-state index contributed by atoms with van der Waals surface area (Å²) in [6.45, 7) is 3.48. The van der Waals surface area contributed by atoms with E-state index in [-0.39, 0.29) is 6.61 Å². The molecule has 0 atom stereocenters. The monoisotopic (exact) mass is 331 g/mol. The number of likely N-dealkylation sites (tertiary alicyclic amines) is 1. The molecule has 1 aromatic heterocycles. The summed E-state index contributed by atoms with van der Waals surface area (Å²) in [6, 6.07) is 0. The Bertz CT molecular complexity index is 562. The Morgan fingerprint density at radius 3 is 2.58 bits per heavy atom. The molecule has 1 aliphatic heterocycles. The summed E-state index contributed by atoms with van der Waals surface area (Å²) >= 11 is 0. The van der Waals surface area contributed by atoms with Crippen molar-refractivity contribution in [1.29, 1.82) is 0 Å². The minimum Gasteiger partial charge on any atom is -0.392 e. The highest BCUT2D eigenvalue weighted by Gasteiger charge is 2.28. The van der Waals surface area contributed by atoms with Gasteiger partial charge in [-0.3, -0.25) is 4.79 Å². The van der Waals surface area contributed by atoms with Gasteiger partial charge in [-0.15, -0.1) is 0 Å². The molecule has 0 aromatic carbocycles. The molecule has 1 amide bonds. The molecule has 1 aliphatic carbocycles. The largest absolute Gasteiger partial charge is 0.392 e. The third-order valence-corrected chi connectivity index (χ3v) is 5.61. The molecule has 2 fully saturated rings. The average Bonchev–Trinajstić information content (AvgIpc) is 2.62. The van der Waals surface area contributed by atoms with Crippen molar-refractivity contribution < 1.29 is 9.90 Å². The summed E-state index contributed by atoms with van der Waals surface area (Å²) in [5, 5.41) is 9.52. The second-order valence-electron chi connectivity index (χ2n) is 7.35. The van der Waals surface area contributed by atoms with Crippen molar-refractivity contribution in [2.24, 2.45) is 5.92 Å². The zero-order chi connectivity index (χ0) is 16.9. The Labute approximate surface area is 144 Å². The quantitative estimate of drug-likeness (QED) is 0.921. The molecule has 5 heteroatoms. The zero-order valence-corrected chi connectivity index (χ0v) is 14.7. The Hall–Kier alpha value is -1.49. The lowest BCUT2D eigenvalue weighted by Gasteiger charge is -2.33. The minimum atomic E-state index is -0.0174. The molecule has 1 saturated carbocycles. The maximum absolute atomic E-state index is 12.5. The van der Waals surface area contributed by atoms with Crippen molar-refractivity contribution in [2.45, 2.75) is 70.8 Å². The van der Waals surface area contributed by atoms with Crippen LogP contribution < -0.4 is 0 Å². The van der Waals surface area contributed by atoms with E-state index in [1.54, 1.807) is 6.20 Å². The number of aliphatic hydroxyl groups excluding tert-OH is 1. The lowest BCUT2D eigenvalue weighted by atomic mass is 9.86. The second-order valence-corrected chi connectivity index (χ2v) is 7.35. The van der Waals surface area contributed by atoms with Gasteiger partial charge in [-0.25, -0.2) is 9.97 Å². The predicted molar refractivity (Wildman–Crippen MR) is 92.4 cm³/mol. The number of carbonyl (C=O) groups is 1. The predicted octanol–water partition coefficient (Wildman–Crippen LogP) is 2.95. The average molecular weight is 331 g/mol. The number of aliphatic hydroxyl groups is 1. The molecule has 132 valence electrons. The standard InChI is InChI=1S/C19H29N3O2/c1-14-20-12-17(13-23)19(21-14)16-7-9-22(10-8-16)18(24)11-15-5-3-2-4-6-15/h12,15-16,23H,2-11,13H2,1H3. The van der Waals surface area contributed by atoms with E-state index in [0.717, 1.165) is 49.4 Å². The van der Waals surface area contributed by atoms with Crippen molar-refractivity contribution >= 4 is 5.91 Å². The van der Waals surface area contributed by atoms with Gasteiger partial charge in [0.1, 0.15) is 5.82 Å². The van der Waals surface area contributed by atoms with E-state index in [0.29, 0.717) is 17.7 Å². The highest BCUT2D eigenvalue weighted by molar-refractivity contribution is 5.76. The summed E-state index contributed by atoms with van der Waals surface area (Å²) < 4.78 is 0. The maximum atomic E-state index is 12.5.